The van der Waals surface area contributed by atoms with E-state index in [4.69, 9.17) is 0 Å². The van der Waals surface area contributed by atoms with Gasteiger partial charge in [0.15, 0.2) is 0 Å². The minimum atomic E-state index is 1.26. The van der Waals surface area contributed by atoms with E-state index in [0.717, 1.165) is 0 Å². The fourth-order valence-corrected chi connectivity index (χ4v) is 8.33. The van der Waals surface area contributed by atoms with Gasteiger partial charge in [0.25, 0.3) is 0 Å². The molecule has 0 radical (unpaired) electrons. The fraction of sp³-hybridized carbons (Fsp3) is 0.0476. The Morgan fingerprint density at radius 1 is 0.419 bits per heavy atom. The number of aryl methyl sites for hydroxylation is 2. The molecule has 43 heavy (non-hydrogen) atoms. The third kappa shape index (κ3) is 3.72. The molecule has 0 aromatic heterocycles. The molecule has 9 aromatic carbocycles. The van der Waals surface area contributed by atoms with Gasteiger partial charge in [-0.1, -0.05) is 133 Å². The molecule has 0 saturated heterocycles. The van der Waals surface area contributed by atoms with Crippen molar-refractivity contribution in [3.05, 3.63) is 145 Å². The van der Waals surface area contributed by atoms with Crippen LogP contribution in [0.1, 0.15) is 11.1 Å². The molecule has 0 amide bonds. The van der Waals surface area contributed by atoms with Gasteiger partial charge in [-0.15, -0.1) is 0 Å². The van der Waals surface area contributed by atoms with E-state index in [0.29, 0.717) is 0 Å². The van der Waals surface area contributed by atoms with E-state index in [1.165, 1.54) is 96.7 Å². The van der Waals surface area contributed by atoms with Crippen LogP contribution in [0.4, 0.5) is 0 Å². The van der Waals surface area contributed by atoms with Gasteiger partial charge in [0.1, 0.15) is 0 Å². The van der Waals surface area contributed by atoms with Crippen molar-refractivity contribution < 1.29 is 0 Å². The van der Waals surface area contributed by atoms with Crippen molar-refractivity contribution in [2.75, 3.05) is 0 Å². The summed E-state index contributed by atoms with van der Waals surface area (Å²) in [6, 6.07) is 49.8. The Morgan fingerprint density at radius 3 is 2.00 bits per heavy atom. The second-order valence-corrected chi connectivity index (χ2v) is 12.9. The summed E-state index contributed by atoms with van der Waals surface area (Å²) in [5, 5.41) is 15.8. The highest BCUT2D eigenvalue weighted by molar-refractivity contribution is 7.99. The molecule has 0 aliphatic rings. The molecular formula is C42H28S. The molecule has 0 nitrogen and oxygen atoms in total. The van der Waals surface area contributed by atoms with E-state index in [1.54, 1.807) is 0 Å². The minimum Gasteiger partial charge on any atom is -0.0894 e. The van der Waals surface area contributed by atoms with Crippen molar-refractivity contribution in [3.8, 4) is 11.1 Å². The molecule has 0 aliphatic heterocycles. The number of hydrogen-bond donors (Lipinski definition) is 0. The summed E-state index contributed by atoms with van der Waals surface area (Å²) < 4.78 is 0. The van der Waals surface area contributed by atoms with E-state index in [9.17, 15) is 0 Å². The Morgan fingerprint density at radius 2 is 1.09 bits per heavy atom. The van der Waals surface area contributed by atoms with Gasteiger partial charge in [-0.3, -0.25) is 0 Å². The summed E-state index contributed by atoms with van der Waals surface area (Å²) in [5.74, 6) is 0. The van der Waals surface area contributed by atoms with Crippen LogP contribution in [0.25, 0.3) is 75.8 Å². The van der Waals surface area contributed by atoms with Gasteiger partial charge in [-0.25, -0.2) is 0 Å². The molecule has 0 aliphatic carbocycles. The zero-order chi connectivity index (χ0) is 28.7. The lowest BCUT2D eigenvalue weighted by Gasteiger charge is -2.18. The zero-order valence-corrected chi connectivity index (χ0v) is 24.9. The Labute approximate surface area is 254 Å². The Kier molecular flexibility index (Phi) is 5.36. The van der Waals surface area contributed by atoms with Crippen LogP contribution in [0.2, 0.25) is 0 Å². The van der Waals surface area contributed by atoms with Crippen molar-refractivity contribution in [1.82, 2.24) is 0 Å². The van der Waals surface area contributed by atoms with E-state index in [2.05, 4.69) is 147 Å². The largest absolute Gasteiger partial charge is 0.0894 e. The minimum absolute atomic E-state index is 1.26. The van der Waals surface area contributed by atoms with Gasteiger partial charge >= 0.3 is 0 Å². The molecule has 9 aromatic rings. The molecule has 0 bridgehead atoms. The molecule has 1 heteroatoms. The first-order chi connectivity index (χ1) is 21.1. The molecule has 0 N–H and O–H groups in total. The van der Waals surface area contributed by atoms with Crippen LogP contribution in [0, 0.1) is 13.8 Å². The van der Waals surface area contributed by atoms with Crippen molar-refractivity contribution in [2.24, 2.45) is 0 Å². The van der Waals surface area contributed by atoms with Crippen LogP contribution in [0.3, 0.4) is 0 Å². The van der Waals surface area contributed by atoms with Crippen molar-refractivity contribution in [1.29, 1.82) is 0 Å². The average molecular weight is 565 g/mol. The molecular weight excluding hydrogens is 537 g/mol. The highest BCUT2D eigenvalue weighted by atomic mass is 32.2. The lowest BCUT2D eigenvalue weighted by molar-refractivity contribution is 1.45. The topological polar surface area (TPSA) is 0 Å². The number of benzene rings is 9. The smallest absolute Gasteiger partial charge is 0.0207 e. The Balaban J connectivity index is 1.29. The van der Waals surface area contributed by atoms with E-state index in [1.807, 2.05) is 11.8 Å². The molecule has 0 spiro atoms. The molecule has 9 rings (SSSR count). The highest BCUT2D eigenvalue weighted by Gasteiger charge is 2.17. The van der Waals surface area contributed by atoms with Gasteiger partial charge in [-0.05, 0) is 113 Å². The molecule has 202 valence electrons. The van der Waals surface area contributed by atoms with Crippen LogP contribution in [0.15, 0.2) is 143 Å². The van der Waals surface area contributed by atoms with Gasteiger partial charge in [0, 0.05) is 9.79 Å². The molecule has 0 atom stereocenters. The summed E-state index contributed by atoms with van der Waals surface area (Å²) in [5.41, 5.74) is 5.26. The van der Waals surface area contributed by atoms with Crippen LogP contribution in [-0.4, -0.2) is 0 Å². The van der Waals surface area contributed by atoms with Crippen LogP contribution < -0.4 is 0 Å². The quantitative estimate of drug-likeness (QED) is 0.192. The summed E-state index contributed by atoms with van der Waals surface area (Å²) in [4.78, 5) is 2.57. The summed E-state index contributed by atoms with van der Waals surface area (Å²) in [6.45, 7) is 4.51. The number of fused-ring (bicyclic) bond motifs is 4. The fourth-order valence-electron chi connectivity index (χ4n) is 7.30. The van der Waals surface area contributed by atoms with Gasteiger partial charge in [0.05, 0.1) is 0 Å². The standard InChI is InChI=1S/C42H28S/c1-25-16-20-34-33-21-19-31(43-39-23-30-12-5-10-28-17-18-29-11-7-15-36(39)42(29)41(28)30)24-37(33)26(2)40(38(34)22-25)35-14-6-9-27-8-3-4-13-32(27)35/h3-24H,1-2H3. The first kappa shape index (κ1) is 24.7. The van der Waals surface area contributed by atoms with Crippen molar-refractivity contribution >= 4 is 76.4 Å². The summed E-state index contributed by atoms with van der Waals surface area (Å²) >= 11 is 1.88. The zero-order valence-electron chi connectivity index (χ0n) is 24.1. The third-order valence-electron chi connectivity index (χ3n) is 9.26. The first-order valence-electron chi connectivity index (χ1n) is 14.9. The van der Waals surface area contributed by atoms with Gasteiger partial charge < -0.3 is 0 Å². The maximum atomic E-state index is 2.42. The number of hydrogen-bond acceptors (Lipinski definition) is 1. The predicted molar refractivity (Wildman–Crippen MR) is 188 cm³/mol. The molecule has 0 fully saturated rings. The molecule has 0 unspecified atom stereocenters. The van der Waals surface area contributed by atoms with Gasteiger partial charge in [-0.2, -0.15) is 0 Å². The SMILES string of the molecule is Cc1ccc2c(c1)c(-c1cccc3ccccc13)c(C)c1cc(Sc3cc4cccc5ccc6cccc3c6c54)ccc12. The average Bonchev–Trinajstić information content (AvgIpc) is 3.04. The number of rotatable bonds is 3. The monoisotopic (exact) mass is 564 g/mol. The van der Waals surface area contributed by atoms with E-state index >= 15 is 0 Å². The Hall–Kier alpha value is -4.85. The van der Waals surface area contributed by atoms with Gasteiger partial charge in [0.2, 0.25) is 0 Å². The van der Waals surface area contributed by atoms with E-state index < -0.39 is 0 Å². The summed E-state index contributed by atoms with van der Waals surface area (Å²) in [7, 11) is 0. The second kappa shape index (κ2) is 9.33. The lowest BCUT2D eigenvalue weighted by Crippen LogP contribution is -1.92. The van der Waals surface area contributed by atoms with Crippen molar-refractivity contribution in [2.45, 2.75) is 23.6 Å². The second-order valence-electron chi connectivity index (χ2n) is 11.8. The van der Waals surface area contributed by atoms with Crippen LogP contribution >= 0.6 is 11.8 Å². The molecule has 0 saturated carbocycles. The highest BCUT2D eigenvalue weighted by Crippen LogP contribution is 2.45. The normalized spacial score (nSPS) is 12.0. The van der Waals surface area contributed by atoms with Crippen LogP contribution in [0.5, 0.6) is 0 Å². The maximum Gasteiger partial charge on any atom is 0.0207 e. The summed E-state index contributed by atoms with van der Waals surface area (Å²) in [6.07, 6.45) is 0. The third-order valence-corrected chi connectivity index (χ3v) is 10.3. The molecule has 0 heterocycles. The van der Waals surface area contributed by atoms with Crippen LogP contribution in [-0.2, 0) is 0 Å². The maximum absolute atomic E-state index is 2.42. The lowest BCUT2D eigenvalue weighted by atomic mass is 9.86. The van der Waals surface area contributed by atoms with E-state index in [-0.39, 0.29) is 0 Å². The van der Waals surface area contributed by atoms with Crippen molar-refractivity contribution in [3.63, 3.8) is 0 Å². The predicted octanol–water partition coefficient (Wildman–Crippen LogP) is 12.5. The first-order valence-corrected chi connectivity index (χ1v) is 15.7. The Bertz CT molecular complexity index is 2550.